The molecule has 0 atom stereocenters. The first-order chi connectivity index (χ1) is 12.6. The van der Waals surface area contributed by atoms with Gasteiger partial charge in [0.1, 0.15) is 0 Å². The highest BCUT2D eigenvalue weighted by molar-refractivity contribution is 5.93. The van der Waals surface area contributed by atoms with Crippen LogP contribution in [0.2, 0.25) is 0 Å². The zero-order valence-corrected chi connectivity index (χ0v) is 16.0. The lowest BCUT2D eigenvalue weighted by Crippen LogP contribution is -2.35. The van der Waals surface area contributed by atoms with Crippen LogP contribution in [-0.2, 0) is 6.54 Å². The zero-order valence-electron chi connectivity index (χ0n) is 15.1. The van der Waals surface area contributed by atoms with Crippen molar-refractivity contribution < 1.29 is 13.6 Å². The molecule has 0 bridgehead atoms. The van der Waals surface area contributed by atoms with Crippen molar-refractivity contribution in [1.82, 2.24) is 25.2 Å². The quantitative estimate of drug-likeness (QED) is 0.811. The van der Waals surface area contributed by atoms with Crippen LogP contribution in [0.4, 0.5) is 8.78 Å². The number of benzene rings is 1. The van der Waals surface area contributed by atoms with Gasteiger partial charge in [0.25, 0.3) is 12.3 Å². The molecule has 1 aromatic heterocycles. The normalized spacial score (nSPS) is 14.8. The molecule has 0 radical (unpaired) electrons. The molecule has 0 aliphatic carbocycles. The van der Waals surface area contributed by atoms with Gasteiger partial charge in [0, 0.05) is 6.54 Å². The van der Waals surface area contributed by atoms with E-state index >= 15 is 0 Å². The number of hydrogen-bond acceptors (Lipinski definition) is 4. The number of halogens is 3. The molecule has 27 heavy (non-hydrogen) atoms. The highest BCUT2D eigenvalue weighted by atomic mass is 35.5. The maximum atomic E-state index is 13.0. The van der Waals surface area contributed by atoms with Crippen LogP contribution >= 0.6 is 12.4 Å². The topological polar surface area (TPSA) is 63.1 Å². The van der Waals surface area contributed by atoms with E-state index in [2.05, 4.69) is 15.6 Å². The average molecular weight is 400 g/mol. The van der Waals surface area contributed by atoms with Gasteiger partial charge in [-0.2, -0.15) is 0 Å². The van der Waals surface area contributed by atoms with Crippen LogP contribution in [0.1, 0.15) is 40.6 Å². The molecule has 9 heteroatoms. The van der Waals surface area contributed by atoms with Crippen molar-refractivity contribution in [3.63, 3.8) is 0 Å². The summed E-state index contributed by atoms with van der Waals surface area (Å²) in [7, 11) is 0. The lowest BCUT2D eigenvalue weighted by Gasteiger charge is -2.24. The molecule has 6 nitrogen and oxygen atoms in total. The highest BCUT2D eigenvalue weighted by Gasteiger charge is 2.27. The summed E-state index contributed by atoms with van der Waals surface area (Å²) in [6.07, 6.45) is -0.798. The molecule has 3 rings (SSSR count). The standard InChI is InChI=1S/C18H23F2N5O.ClH/c1-13-17(22-23-25(13)15-7-9-21-10-8-15)18(26)24(12-16(19)20)11-14-5-3-2-4-6-14;/h2-6,15-16,21H,7-12H2,1H3;1H. The molecular formula is C18H24ClF2N5O. The molecule has 0 spiro atoms. The minimum atomic E-state index is -2.61. The monoisotopic (exact) mass is 399 g/mol. The Balaban J connectivity index is 0.00000261. The van der Waals surface area contributed by atoms with Crippen LogP contribution < -0.4 is 5.32 Å². The Morgan fingerprint density at radius 3 is 2.59 bits per heavy atom. The van der Waals surface area contributed by atoms with Gasteiger partial charge in [0.15, 0.2) is 5.69 Å². The van der Waals surface area contributed by atoms with Gasteiger partial charge in [0.05, 0.1) is 18.3 Å². The minimum Gasteiger partial charge on any atom is -0.327 e. The molecule has 2 heterocycles. The first kappa shape index (κ1) is 21.2. The Morgan fingerprint density at radius 2 is 1.96 bits per heavy atom. The second-order valence-electron chi connectivity index (χ2n) is 6.51. The van der Waals surface area contributed by atoms with Gasteiger partial charge in [0.2, 0.25) is 0 Å². The van der Waals surface area contributed by atoms with E-state index in [0.29, 0.717) is 5.69 Å². The molecule has 1 N–H and O–H groups in total. The number of carbonyl (C=O) groups excluding carboxylic acids is 1. The number of piperidine rings is 1. The number of rotatable bonds is 6. The molecule has 1 aliphatic heterocycles. The molecule has 0 saturated carbocycles. The van der Waals surface area contributed by atoms with Gasteiger partial charge in [-0.15, -0.1) is 17.5 Å². The van der Waals surface area contributed by atoms with E-state index in [-0.39, 0.29) is 30.7 Å². The summed E-state index contributed by atoms with van der Waals surface area (Å²) in [6, 6.07) is 9.29. The van der Waals surface area contributed by atoms with Crippen LogP contribution in [0.15, 0.2) is 30.3 Å². The third-order valence-electron chi connectivity index (χ3n) is 4.65. The fraction of sp³-hybridized carbons (Fsp3) is 0.500. The number of hydrogen-bond donors (Lipinski definition) is 1. The Morgan fingerprint density at radius 1 is 1.30 bits per heavy atom. The summed E-state index contributed by atoms with van der Waals surface area (Å²) in [4.78, 5) is 14.0. The van der Waals surface area contributed by atoms with Gasteiger partial charge in [-0.1, -0.05) is 35.5 Å². The van der Waals surface area contributed by atoms with Crippen molar-refractivity contribution in [2.24, 2.45) is 0 Å². The third-order valence-corrected chi connectivity index (χ3v) is 4.65. The van der Waals surface area contributed by atoms with E-state index in [9.17, 15) is 13.6 Å². The number of alkyl halides is 2. The van der Waals surface area contributed by atoms with Gasteiger partial charge < -0.3 is 10.2 Å². The molecule has 1 amide bonds. The first-order valence-corrected chi connectivity index (χ1v) is 8.80. The maximum Gasteiger partial charge on any atom is 0.276 e. The third kappa shape index (κ3) is 5.23. The van der Waals surface area contributed by atoms with Gasteiger partial charge in [-0.05, 0) is 38.4 Å². The van der Waals surface area contributed by atoms with Crippen LogP contribution in [0.25, 0.3) is 0 Å². The van der Waals surface area contributed by atoms with Gasteiger partial charge in [-0.25, -0.2) is 13.5 Å². The molecule has 0 unspecified atom stereocenters. The average Bonchev–Trinajstić information content (AvgIpc) is 3.03. The fourth-order valence-electron chi connectivity index (χ4n) is 3.28. The number of aromatic nitrogens is 3. The van der Waals surface area contributed by atoms with E-state index in [1.54, 1.807) is 11.6 Å². The molecule has 1 aliphatic rings. The molecule has 2 aromatic rings. The Hall–Kier alpha value is -2.06. The Bertz CT molecular complexity index is 735. The number of nitrogens with zero attached hydrogens (tertiary/aromatic N) is 4. The summed E-state index contributed by atoms with van der Waals surface area (Å²) < 4.78 is 27.8. The SMILES string of the molecule is Cc1c(C(=O)N(Cc2ccccc2)CC(F)F)nnn1C1CCNCC1.Cl. The summed E-state index contributed by atoms with van der Waals surface area (Å²) in [5, 5.41) is 11.4. The van der Waals surface area contributed by atoms with E-state index < -0.39 is 18.9 Å². The van der Waals surface area contributed by atoms with Crippen LogP contribution in [0.3, 0.4) is 0 Å². The van der Waals surface area contributed by atoms with Crippen molar-refractivity contribution >= 4 is 18.3 Å². The first-order valence-electron chi connectivity index (χ1n) is 8.80. The summed E-state index contributed by atoms with van der Waals surface area (Å²) in [6.45, 7) is 3.03. The second-order valence-corrected chi connectivity index (χ2v) is 6.51. The Labute approximate surface area is 163 Å². The highest BCUT2D eigenvalue weighted by Crippen LogP contribution is 2.21. The van der Waals surface area contributed by atoms with Crippen LogP contribution in [-0.4, -0.2) is 51.9 Å². The zero-order chi connectivity index (χ0) is 18.5. The lowest BCUT2D eigenvalue weighted by molar-refractivity contribution is 0.0529. The smallest absolute Gasteiger partial charge is 0.276 e. The molecular weight excluding hydrogens is 376 g/mol. The molecule has 1 fully saturated rings. The molecule has 1 aromatic carbocycles. The van der Waals surface area contributed by atoms with Crippen molar-refractivity contribution in [2.75, 3.05) is 19.6 Å². The van der Waals surface area contributed by atoms with Crippen molar-refractivity contribution in [2.45, 2.75) is 38.8 Å². The fourth-order valence-corrected chi connectivity index (χ4v) is 3.28. The molecule has 148 valence electrons. The Kier molecular flexibility index (Phi) is 7.67. The van der Waals surface area contributed by atoms with Gasteiger partial charge in [-0.3, -0.25) is 4.79 Å². The number of amides is 1. The maximum absolute atomic E-state index is 13.0. The molecule has 1 saturated heterocycles. The largest absolute Gasteiger partial charge is 0.327 e. The second kappa shape index (κ2) is 9.75. The number of carbonyl (C=O) groups is 1. The van der Waals surface area contributed by atoms with Crippen LogP contribution in [0, 0.1) is 6.92 Å². The predicted octanol–water partition coefficient (Wildman–Crippen LogP) is 2.84. The minimum absolute atomic E-state index is 0. The summed E-state index contributed by atoms with van der Waals surface area (Å²) >= 11 is 0. The van der Waals surface area contributed by atoms with E-state index in [4.69, 9.17) is 0 Å². The van der Waals surface area contributed by atoms with E-state index in [1.807, 2.05) is 30.3 Å². The summed E-state index contributed by atoms with van der Waals surface area (Å²) in [5.41, 5.74) is 1.58. The van der Waals surface area contributed by atoms with E-state index in [0.717, 1.165) is 36.4 Å². The van der Waals surface area contributed by atoms with E-state index in [1.165, 1.54) is 0 Å². The lowest BCUT2D eigenvalue weighted by atomic mass is 10.1. The van der Waals surface area contributed by atoms with Crippen molar-refractivity contribution in [3.05, 3.63) is 47.3 Å². The predicted molar refractivity (Wildman–Crippen MR) is 100 cm³/mol. The van der Waals surface area contributed by atoms with Crippen LogP contribution in [0.5, 0.6) is 0 Å². The van der Waals surface area contributed by atoms with Crippen molar-refractivity contribution in [1.29, 1.82) is 0 Å². The van der Waals surface area contributed by atoms with Crippen molar-refractivity contribution in [3.8, 4) is 0 Å². The number of nitrogens with one attached hydrogen (secondary N) is 1. The van der Waals surface area contributed by atoms with Gasteiger partial charge >= 0.3 is 0 Å². The summed E-state index contributed by atoms with van der Waals surface area (Å²) in [5.74, 6) is -0.508.